The molecule has 4 atom stereocenters. The van der Waals surface area contributed by atoms with Crippen LogP contribution < -0.4 is 0 Å². The second-order valence-corrected chi connectivity index (χ2v) is 8.28. The average Bonchev–Trinajstić information content (AvgIpc) is 3.60. The van der Waals surface area contributed by atoms with E-state index < -0.39 is 6.10 Å². The predicted octanol–water partition coefficient (Wildman–Crippen LogP) is 6.28. The molecule has 0 saturated carbocycles. The van der Waals surface area contributed by atoms with E-state index in [1.165, 1.54) is 16.7 Å². The Morgan fingerprint density at radius 1 is 0.625 bits per heavy atom. The van der Waals surface area contributed by atoms with Crippen LogP contribution in [0.25, 0.3) is 6.08 Å². The van der Waals surface area contributed by atoms with E-state index in [4.69, 9.17) is 0 Å². The monoisotopic (exact) mass is 417 g/mol. The third-order valence-corrected chi connectivity index (χ3v) is 6.20. The number of aliphatic hydroxyl groups excluding tert-OH is 1. The van der Waals surface area contributed by atoms with Gasteiger partial charge in [-0.25, -0.2) is 0 Å². The van der Waals surface area contributed by atoms with Gasteiger partial charge >= 0.3 is 0 Å². The van der Waals surface area contributed by atoms with E-state index in [1.807, 2.05) is 36.4 Å². The molecule has 5 rings (SSSR count). The second-order valence-electron chi connectivity index (χ2n) is 8.28. The number of benzene rings is 4. The molecule has 0 bridgehead atoms. The minimum atomic E-state index is -0.574. The highest BCUT2D eigenvalue weighted by atomic mass is 16.3. The van der Waals surface area contributed by atoms with Crippen molar-refractivity contribution in [2.24, 2.45) is 0 Å². The van der Waals surface area contributed by atoms with Crippen molar-refractivity contribution in [3.05, 3.63) is 150 Å². The van der Waals surface area contributed by atoms with Crippen molar-refractivity contribution in [2.75, 3.05) is 0 Å². The smallest absolute Gasteiger partial charge is 0.0898 e. The molecule has 1 aliphatic rings. The zero-order chi connectivity index (χ0) is 21.8. The molecule has 4 aromatic carbocycles. The predicted molar refractivity (Wildman–Crippen MR) is 131 cm³/mol. The van der Waals surface area contributed by atoms with Crippen molar-refractivity contribution in [1.82, 2.24) is 4.90 Å². The average molecular weight is 418 g/mol. The lowest BCUT2D eigenvalue weighted by molar-refractivity contribution is 0.196. The van der Waals surface area contributed by atoms with E-state index >= 15 is 0 Å². The molecule has 1 unspecified atom stereocenters. The van der Waals surface area contributed by atoms with Crippen LogP contribution in [0.3, 0.4) is 0 Å². The van der Waals surface area contributed by atoms with Gasteiger partial charge in [-0.15, -0.1) is 0 Å². The van der Waals surface area contributed by atoms with Gasteiger partial charge in [0.05, 0.1) is 24.2 Å². The summed E-state index contributed by atoms with van der Waals surface area (Å²) in [5.41, 5.74) is 4.81. The zero-order valence-corrected chi connectivity index (χ0v) is 17.9. The number of hydrogen-bond donors (Lipinski definition) is 1. The molecule has 2 heteroatoms. The Hall–Kier alpha value is -3.46. The lowest BCUT2D eigenvalue weighted by Gasteiger charge is -2.22. The van der Waals surface area contributed by atoms with Crippen LogP contribution in [0, 0.1) is 0 Å². The van der Waals surface area contributed by atoms with E-state index in [-0.39, 0.29) is 18.1 Å². The summed E-state index contributed by atoms with van der Waals surface area (Å²) >= 11 is 0. The van der Waals surface area contributed by atoms with Crippen LogP contribution in [-0.2, 0) is 0 Å². The Bertz CT molecular complexity index is 1100. The summed E-state index contributed by atoms with van der Waals surface area (Å²) < 4.78 is 0. The van der Waals surface area contributed by atoms with Crippen LogP contribution in [0.1, 0.15) is 34.3 Å². The van der Waals surface area contributed by atoms with E-state index in [9.17, 15) is 5.11 Å². The number of nitrogens with zero attached hydrogens (tertiary/aromatic N) is 1. The Kier molecular flexibility index (Phi) is 5.98. The lowest BCUT2D eigenvalue weighted by atomic mass is 9.98. The standard InChI is InChI=1S/C30H27NO/c32-27(22-21-23-13-5-1-6-14-23)30-29(26-19-11-4-12-20-26)31(30)28(24-15-7-2-8-16-24)25-17-9-3-10-18-25/h1-22,27-30,32H/b22-21+/t27-,29-,30+,31?/m1/s1. The molecule has 0 radical (unpaired) electrons. The largest absolute Gasteiger partial charge is 0.387 e. The van der Waals surface area contributed by atoms with Gasteiger partial charge in [-0.05, 0) is 22.3 Å². The summed E-state index contributed by atoms with van der Waals surface area (Å²) in [4.78, 5) is 2.44. The zero-order valence-electron chi connectivity index (χ0n) is 17.9. The van der Waals surface area contributed by atoms with Gasteiger partial charge in [-0.3, -0.25) is 4.90 Å². The summed E-state index contributed by atoms with van der Waals surface area (Å²) in [6, 6.07) is 42.1. The fourth-order valence-corrected chi connectivity index (χ4v) is 4.68. The highest BCUT2D eigenvalue weighted by Gasteiger charge is 2.55. The van der Waals surface area contributed by atoms with Crippen molar-refractivity contribution in [2.45, 2.75) is 24.2 Å². The summed E-state index contributed by atoms with van der Waals surface area (Å²) in [7, 11) is 0. The molecule has 0 aliphatic carbocycles. The first-order valence-electron chi connectivity index (χ1n) is 11.2. The molecule has 0 spiro atoms. The highest BCUT2D eigenvalue weighted by Crippen LogP contribution is 2.53. The van der Waals surface area contributed by atoms with Crippen LogP contribution in [-0.4, -0.2) is 22.2 Å². The van der Waals surface area contributed by atoms with Gasteiger partial charge in [0.2, 0.25) is 0 Å². The topological polar surface area (TPSA) is 23.2 Å². The quantitative estimate of drug-likeness (QED) is 0.358. The van der Waals surface area contributed by atoms with Gasteiger partial charge < -0.3 is 5.11 Å². The first-order chi connectivity index (χ1) is 15.8. The fourth-order valence-electron chi connectivity index (χ4n) is 4.68. The lowest BCUT2D eigenvalue weighted by Crippen LogP contribution is -2.20. The first kappa shape index (κ1) is 20.4. The molecule has 2 nitrogen and oxygen atoms in total. The molecule has 1 N–H and O–H groups in total. The number of hydrogen-bond acceptors (Lipinski definition) is 2. The van der Waals surface area contributed by atoms with Crippen LogP contribution in [0.4, 0.5) is 0 Å². The van der Waals surface area contributed by atoms with Crippen LogP contribution in [0.15, 0.2) is 127 Å². The Labute approximate surface area is 190 Å². The fraction of sp³-hybridized carbons (Fsp3) is 0.133. The SMILES string of the molecule is O[C@H](/C=C/c1ccccc1)[C@H]1[C@@H](c2ccccc2)N1C(c1ccccc1)c1ccccc1. The van der Waals surface area contributed by atoms with Gasteiger partial charge in [0, 0.05) is 0 Å². The van der Waals surface area contributed by atoms with Gasteiger partial charge in [-0.1, -0.05) is 133 Å². The van der Waals surface area contributed by atoms with Crippen molar-refractivity contribution in [3.63, 3.8) is 0 Å². The molecule has 0 amide bonds. The third kappa shape index (κ3) is 4.29. The summed E-state index contributed by atoms with van der Waals surface area (Å²) in [5.74, 6) is 0. The van der Waals surface area contributed by atoms with Gasteiger partial charge in [0.25, 0.3) is 0 Å². The molecule has 32 heavy (non-hydrogen) atoms. The van der Waals surface area contributed by atoms with Crippen LogP contribution in [0.2, 0.25) is 0 Å². The maximum absolute atomic E-state index is 11.3. The minimum absolute atomic E-state index is 0.00257. The maximum atomic E-state index is 11.3. The Morgan fingerprint density at radius 3 is 1.62 bits per heavy atom. The number of rotatable bonds is 7. The molecule has 0 aromatic heterocycles. The molecule has 1 aliphatic heterocycles. The van der Waals surface area contributed by atoms with Crippen LogP contribution in [0.5, 0.6) is 0 Å². The summed E-state index contributed by atoms with van der Waals surface area (Å²) in [6.07, 6.45) is 3.38. The molecular weight excluding hydrogens is 390 g/mol. The van der Waals surface area contributed by atoms with Gasteiger partial charge in [-0.2, -0.15) is 0 Å². The summed E-state index contributed by atoms with van der Waals surface area (Å²) in [5, 5.41) is 11.3. The van der Waals surface area contributed by atoms with E-state index in [0.29, 0.717) is 0 Å². The van der Waals surface area contributed by atoms with Gasteiger partial charge in [0.1, 0.15) is 0 Å². The van der Waals surface area contributed by atoms with Crippen molar-refractivity contribution >= 4 is 6.08 Å². The minimum Gasteiger partial charge on any atom is -0.387 e. The van der Waals surface area contributed by atoms with Gasteiger partial charge in [0.15, 0.2) is 0 Å². The summed E-state index contributed by atoms with van der Waals surface area (Å²) in [6.45, 7) is 0. The van der Waals surface area contributed by atoms with E-state index in [2.05, 4.69) is 102 Å². The van der Waals surface area contributed by atoms with Crippen molar-refractivity contribution in [1.29, 1.82) is 0 Å². The van der Waals surface area contributed by atoms with Crippen molar-refractivity contribution < 1.29 is 5.11 Å². The molecule has 1 heterocycles. The first-order valence-corrected chi connectivity index (χ1v) is 11.2. The Balaban J connectivity index is 1.52. The normalized spacial score (nSPS) is 21.0. The molecule has 4 aromatic rings. The molecule has 1 saturated heterocycles. The van der Waals surface area contributed by atoms with E-state index in [0.717, 1.165) is 5.56 Å². The van der Waals surface area contributed by atoms with Crippen LogP contribution >= 0.6 is 0 Å². The number of aliphatic hydroxyl groups is 1. The highest BCUT2D eigenvalue weighted by molar-refractivity contribution is 5.50. The molecule has 1 fully saturated rings. The maximum Gasteiger partial charge on any atom is 0.0898 e. The molecule has 158 valence electrons. The Morgan fingerprint density at radius 2 is 1.09 bits per heavy atom. The van der Waals surface area contributed by atoms with E-state index in [1.54, 1.807) is 0 Å². The van der Waals surface area contributed by atoms with Crippen molar-refractivity contribution in [3.8, 4) is 0 Å². The second kappa shape index (κ2) is 9.35. The third-order valence-electron chi connectivity index (χ3n) is 6.20. The molecular formula is C30H27NO.